The average molecular weight is 232 g/mol. The lowest BCUT2D eigenvalue weighted by Crippen LogP contribution is -2.18. The zero-order chi connectivity index (χ0) is 12.4. The molecular weight excluding hydrogens is 212 g/mol. The molecule has 3 N–H and O–H groups in total. The van der Waals surface area contributed by atoms with Crippen molar-refractivity contribution in [2.45, 2.75) is 33.2 Å². The Kier molecular flexibility index (Phi) is 3.38. The molecule has 2 aromatic rings. The highest BCUT2D eigenvalue weighted by Gasteiger charge is 2.09. The van der Waals surface area contributed by atoms with Crippen LogP contribution in [0.3, 0.4) is 0 Å². The van der Waals surface area contributed by atoms with E-state index >= 15 is 0 Å². The van der Waals surface area contributed by atoms with Gasteiger partial charge in [0, 0.05) is 29.1 Å². The van der Waals surface area contributed by atoms with Gasteiger partial charge in [0.15, 0.2) is 0 Å². The van der Waals surface area contributed by atoms with Crippen LogP contribution in [-0.4, -0.2) is 17.6 Å². The minimum absolute atomic E-state index is 0.174. The Morgan fingerprint density at radius 1 is 1.41 bits per heavy atom. The van der Waals surface area contributed by atoms with Crippen molar-refractivity contribution in [1.82, 2.24) is 4.98 Å². The quantitative estimate of drug-likeness (QED) is 0.851. The molecule has 17 heavy (non-hydrogen) atoms. The van der Waals surface area contributed by atoms with Crippen molar-refractivity contribution >= 4 is 10.9 Å². The monoisotopic (exact) mass is 232 g/mol. The number of hydrogen-bond acceptors (Lipinski definition) is 2. The van der Waals surface area contributed by atoms with Crippen LogP contribution in [0, 0.1) is 6.92 Å². The predicted octanol–water partition coefficient (Wildman–Crippen LogP) is 2.76. The molecule has 0 bridgehead atoms. The van der Waals surface area contributed by atoms with Crippen LogP contribution in [0.1, 0.15) is 25.1 Å². The maximum Gasteiger partial charge on any atom is 0.120 e. The van der Waals surface area contributed by atoms with Crippen LogP contribution in [0.15, 0.2) is 18.2 Å². The van der Waals surface area contributed by atoms with Crippen molar-refractivity contribution in [1.29, 1.82) is 0 Å². The highest BCUT2D eigenvalue weighted by atomic mass is 16.5. The van der Waals surface area contributed by atoms with E-state index in [1.54, 1.807) is 0 Å². The van der Waals surface area contributed by atoms with Gasteiger partial charge in [0.2, 0.25) is 0 Å². The second-order valence-electron chi connectivity index (χ2n) is 4.55. The molecule has 0 aliphatic rings. The van der Waals surface area contributed by atoms with E-state index in [0.717, 1.165) is 17.7 Å². The lowest BCUT2D eigenvalue weighted by Gasteiger charge is -2.03. The topological polar surface area (TPSA) is 51.0 Å². The van der Waals surface area contributed by atoms with Gasteiger partial charge in [-0.05, 0) is 44.5 Å². The van der Waals surface area contributed by atoms with Crippen molar-refractivity contribution in [2.75, 3.05) is 6.61 Å². The summed E-state index contributed by atoms with van der Waals surface area (Å²) in [5.41, 5.74) is 9.50. The highest BCUT2D eigenvalue weighted by Crippen LogP contribution is 2.26. The third-order valence-electron chi connectivity index (χ3n) is 2.97. The second-order valence-corrected chi connectivity index (χ2v) is 4.55. The Bertz CT molecular complexity index is 514. The fraction of sp³-hybridized carbons (Fsp3) is 0.429. The van der Waals surface area contributed by atoms with E-state index in [1.165, 1.54) is 16.6 Å². The number of hydrogen-bond donors (Lipinski definition) is 2. The van der Waals surface area contributed by atoms with Gasteiger partial charge in [-0.25, -0.2) is 0 Å². The number of H-pyrrole nitrogens is 1. The maximum absolute atomic E-state index is 5.85. The first kappa shape index (κ1) is 12.0. The normalized spacial score (nSPS) is 12.9. The van der Waals surface area contributed by atoms with E-state index in [0.29, 0.717) is 6.61 Å². The largest absolute Gasteiger partial charge is 0.494 e. The Morgan fingerprint density at radius 2 is 2.18 bits per heavy atom. The minimum atomic E-state index is 0.174. The Hall–Kier alpha value is -1.48. The van der Waals surface area contributed by atoms with E-state index in [9.17, 15) is 0 Å². The molecule has 1 heterocycles. The van der Waals surface area contributed by atoms with Crippen LogP contribution in [0.2, 0.25) is 0 Å². The smallest absolute Gasteiger partial charge is 0.120 e. The summed E-state index contributed by atoms with van der Waals surface area (Å²) in [4.78, 5) is 3.43. The van der Waals surface area contributed by atoms with E-state index in [1.807, 2.05) is 19.9 Å². The van der Waals surface area contributed by atoms with Crippen LogP contribution in [-0.2, 0) is 6.42 Å². The summed E-state index contributed by atoms with van der Waals surface area (Å²) >= 11 is 0. The fourth-order valence-corrected chi connectivity index (χ4v) is 2.14. The summed E-state index contributed by atoms with van der Waals surface area (Å²) in [5.74, 6) is 0.925. The minimum Gasteiger partial charge on any atom is -0.494 e. The molecule has 0 spiro atoms. The maximum atomic E-state index is 5.85. The van der Waals surface area contributed by atoms with Gasteiger partial charge in [0.1, 0.15) is 5.75 Å². The summed E-state index contributed by atoms with van der Waals surface area (Å²) in [5, 5.41) is 1.23. The molecule has 1 aromatic carbocycles. The van der Waals surface area contributed by atoms with Crippen molar-refractivity contribution < 1.29 is 4.74 Å². The van der Waals surface area contributed by atoms with Crippen LogP contribution in [0.25, 0.3) is 10.9 Å². The standard InChI is InChI=1S/C14H20N2O/c1-4-17-11-5-6-13-12(8-11)10(3)14(16-13)7-9(2)15/h5-6,8-9,16H,4,7,15H2,1-3H3. The molecule has 0 amide bonds. The van der Waals surface area contributed by atoms with E-state index in [4.69, 9.17) is 10.5 Å². The third-order valence-corrected chi connectivity index (χ3v) is 2.97. The fourth-order valence-electron chi connectivity index (χ4n) is 2.14. The molecule has 0 aliphatic heterocycles. The zero-order valence-corrected chi connectivity index (χ0v) is 10.7. The van der Waals surface area contributed by atoms with Crippen molar-refractivity contribution in [2.24, 2.45) is 5.73 Å². The van der Waals surface area contributed by atoms with Crippen molar-refractivity contribution in [3.8, 4) is 5.75 Å². The number of ether oxygens (including phenoxy) is 1. The van der Waals surface area contributed by atoms with E-state index in [-0.39, 0.29) is 6.04 Å². The molecule has 0 fully saturated rings. The van der Waals surface area contributed by atoms with Crippen molar-refractivity contribution in [3.63, 3.8) is 0 Å². The first-order chi connectivity index (χ1) is 8.11. The van der Waals surface area contributed by atoms with Crippen LogP contribution < -0.4 is 10.5 Å². The summed E-state index contributed by atoms with van der Waals surface area (Å²) < 4.78 is 5.52. The van der Waals surface area contributed by atoms with Gasteiger partial charge in [-0.3, -0.25) is 0 Å². The number of benzene rings is 1. The number of aryl methyl sites for hydroxylation is 1. The van der Waals surface area contributed by atoms with E-state index < -0.39 is 0 Å². The number of aromatic nitrogens is 1. The summed E-state index contributed by atoms with van der Waals surface area (Å²) in [6.07, 6.45) is 0.879. The van der Waals surface area contributed by atoms with Gasteiger partial charge in [0.05, 0.1) is 6.61 Å². The molecule has 92 valence electrons. The predicted molar refractivity (Wildman–Crippen MR) is 71.6 cm³/mol. The Labute approximate surface area is 102 Å². The number of aromatic amines is 1. The molecule has 3 heteroatoms. The van der Waals surface area contributed by atoms with Crippen LogP contribution in [0.4, 0.5) is 0 Å². The van der Waals surface area contributed by atoms with Gasteiger partial charge >= 0.3 is 0 Å². The SMILES string of the molecule is CCOc1ccc2[nH]c(CC(C)N)c(C)c2c1. The molecule has 0 saturated carbocycles. The van der Waals surface area contributed by atoms with Gasteiger partial charge < -0.3 is 15.5 Å². The number of fused-ring (bicyclic) bond motifs is 1. The average Bonchev–Trinajstić information content (AvgIpc) is 2.56. The molecular formula is C14H20N2O. The molecule has 3 nitrogen and oxygen atoms in total. The highest BCUT2D eigenvalue weighted by molar-refractivity contribution is 5.85. The Morgan fingerprint density at radius 3 is 2.82 bits per heavy atom. The van der Waals surface area contributed by atoms with Crippen LogP contribution in [0.5, 0.6) is 5.75 Å². The molecule has 0 radical (unpaired) electrons. The number of rotatable bonds is 4. The first-order valence-corrected chi connectivity index (χ1v) is 6.11. The molecule has 1 unspecified atom stereocenters. The second kappa shape index (κ2) is 4.80. The van der Waals surface area contributed by atoms with Gasteiger partial charge in [-0.15, -0.1) is 0 Å². The zero-order valence-electron chi connectivity index (χ0n) is 10.7. The van der Waals surface area contributed by atoms with Gasteiger partial charge in [0.25, 0.3) is 0 Å². The van der Waals surface area contributed by atoms with Gasteiger partial charge in [-0.2, -0.15) is 0 Å². The van der Waals surface area contributed by atoms with Crippen LogP contribution >= 0.6 is 0 Å². The lowest BCUT2D eigenvalue weighted by molar-refractivity contribution is 0.340. The summed E-state index contributed by atoms with van der Waals surface area (Å²) in [6.45, 7) is 6.85. The summed E-state index contributed by atoms with van der Waals surface area (Å²) in [7, 11) is 0. The number of nitrogens with one attached hydrogen (secondary N) is 1. The lowest BCUT2D eigenvalue weighted by atomic mass is 10.1. The van der Waals surface area contributed by atoms with E-state index in [2.05, 4.69) is 24.0 Å². The Balaban J connectivity index is 2.43. The molecule has 1 aromatic heterocycles. The first-order valence-electron chi connectivity index (χ1n) is 6.11. The third kappa shape index (κ3) is 2.44. The molecule has 2 rings (SSSR count). The summed E-state index contributed by atoms with van der Waals surface area (Å²) in [6, 6.07) is 6.33. The van der Waals surface area contributed by atoms with Crippen molar-refractivity contribution in [3.05, 3.63) is 29.5 Å². The molecule has 0 aliphatic carbocycles. The molecule has 0 saturated heterocycles. The van der Waals surface area contributed by atoms with Gasteiger partial charge in [-0.1, -0.05) is 0 Å². The molecule has 1 atom stereocenters. The number of nitrogens with two attached hydrogens (primary N) is 1.